The van der Waals surface area contributed by atoms with Crippen LogP contribution in [-0.4, -0.2) is 33.8 Å². The quantitative estimate of drug-likeness (QED) is 0.776. The van der Waals surface area contributed by atoms with Crippen LogP contribution in [0.15, 0.2) is 30.3 Å². The van der Waals surface area contributed by atoms with E-state index in [1.807, 2.05) is 24.3 Å². The molecule has 1 aromatic heterocycles. The van der Waals surface area contributed by atoms with E-state index in [9.17, 15) is 9.90 Å². The zero-order valence-corrected chi connectivity index (χ0v) is 10.9. The van der Waals surface area contributed by atoms with Gasteiger partial charge in [-0.2, -0.15) is 0 Å². The predicted octanol–water partition coefficient (Wildman–Crippen LogP) is 2.12. The Morgan fingerprint density at radius 1 is 1.40 bits per heavy atom. The van der Waals surface area contributed by atoms with E-state index in [-0.39, 0.29) is 5.69 Å². The molecule has 1 aliphatic carbocycles. The molecule has 3 N–H and O–H groups in total. The summed E-state index contributed by atoms with van der Waals surface area (Å²) < 4.78 is 0. The number of nitrogens with one attached hydrogen (secondary N) is 1. The second-order valence-electron chi connectivity index (χ2n) is 5.17. The number of carbonyl (C=O) groups is 1. The van der Waals surface area contributed by atoms with Crippen molar-refractivity contribution in [2.24, 2.45) is 5.92 Å². The van der Waals surface area contributed by atoms with Gasteiger partial charge in [-0.1, -0.05) is 24.3 Å². The Morgan fingerprint density at radius 2 is 2.15 bits per heavy atom. The summed E-state index contributed by atoms with van der Waals surface area (Å²) in [5.41, 5.74) is 0.00658. The third-order valence-electron chi connectivity index (χ3n) is 3.60. The van der Waals surface area contributed by atoms with Gasteiger partial charge in [0.15, 0.2) is 5.69 Å². The number of aromatic nitrogens is 1. The van der Waals surface area contributed by atoms with E-state index in [1.165, 1.54) is 0 Å². The molecular weight excluding hydrogens is 256 g/mol. The smallest absolute Gasteiger partial charge is 0.354 e. The first-order valence-corrected chi connectivity index (χ1v) is 6.70. The Hall–Kier alpha value is -2.14. The maximum absolute atomic E-state index is 11.1. The van der Waals surface area contributed by atoms with Gasteiger partial charge in [-0.05, 0) is 30.2 Å². The van der Waals surface area contributed by atoms with Crippen molar-refractivity contribution >= 4 is 22.6 Å². The van der Waals surface area contributed by atoms with Gasteiger partial charge in [0.1, 0.15) is 5.82 Å². The normalized spacial score (nSPS) is 16.1. The number of aliphatic hydroxyl groups excluding tert-OH is 1. The van der Waals surface area contributed by atoms with Crippen LogP contribution in [0.25, 0.3) is 10.8 Å². The van der Waals surface area contributed by atoms with Crippen LogP contribution in [0.2, 0.25) is 0 Å². The molecule has 1 atom stereocenters. The van der Waals surface area contributed by atoms with Crippen LogP contribution in [0.4, 0.5) is 5.82 Å². The highest BCUT2D eigenvalue weighted by atomic mass is 16.4. The number of fused-ring (bicyclic) bond motifs is 1. The lowest BCUT2D eigenvalue weighted by molar-refractivity contribution is 0.0691. The van der Waals surface area contributed by atoms with Gasteiger partial charge in [0, 0.05) is 11.9 Å². The molecule has 20 heavy (non-hydrogen) atoms. The van der Waals surface area contributed by atoms with Gasteiger partial charge < -0.3 is 15.5 Å². The fraction of sp³-hybridized carbons (Fsp3) is 0.333. The number of aliphatic hydroxyl groups is 1. The maximum Gasteiger partial charge on any atom is 0.354 e. The summed E-state index contributed by atoms with van der Waals surface area (Å²) in [6.07, 6.45) is 1.72. The first-order chi connectivity index (χ1) is 9.65. The molecule has 5 heteroatoms. The van der Waals surface area contributed by atoms with E-state index in [4.69, 9.17) is 5.11 Å². The number of carboxylic acid groups (broad SMARTS) is 1. The molecule has 0 amide bonds. The Kier molecular flexibility index (Phi) is 3.28. The Balaban J connectivity index is 1.92. The summed E-state index contributed by atoms with van der Waals surface area (Å²) in [7, 11) is 0. The number of hydrogen-bond donors (Lipinski definition) is 3. The lowest BCUT2D eigenvalue weighted by Crippen LogP contribution is -2.22. The van der Waals surface area contributed by atoms with Crippen LogP contribution >= 0.6 is 0 Å². The minimum atomic E-state index is -1.05. The Bertz CT molecular complexity index is 653. The van der Waals surface area contributed by atoms with Crippen molar-refractivity contribution in [3.63, 3.8) is 0 Å². The third kappa shape index (κ3) is 2.58. The van der Waals surface area contributed by atoms with Gasteiger partial charge in [-0.25, -0.2) is 9.78 Å². The predicted molar refractivity (Wildman–Crippen MR) is 75.9 cm³/mol. The molecule has 0 aliphatic heterocycles. The number of hydrogen-bond acceptors (Lipinski definition) is 4. The van der Waals surface area contributed by atoms with Crippen molar-refractivity contribution < 1.29 is 15.0 Å². The molecule has 5 nitrogen and oxygen atoms in total. The minimum absolute atomic E-state index is 0.00658. The van der Waals surface area contributed by atoms with Crippen molar-refractivity contribution in [1.82, 2.24) is 4.98 Å². The Morgan fingerprint density at radius 3 is 2.85 bits per heavy atom. The van der Waals surface area contributed by atoms with Crippen molar-refractivity contribution in [2.45, 2.75) is 18.9 Å². The van der Waals surface area contributed by atoms with Crippen LogP contribution in [0, 0.1) is 5.92 Å². The summed E-state index contributed by atoms with van der Waals surface area (Å²) in [5, 5.41) is 23.8. The molecule has 1 aliphatic rings. The molecule has 1 aromatic carbocycles. The molecular formula is C15H16N2O3. The second-order valence-corrected chi connectivity index (χ2v) is 5.17. The van der Waals surface area contributed by atoms with E-state index in [0.717, 1.165) is 23.6 Å². The zero-order chi connectivity index (χ0) is 14.1. The highest BCUT2D eigenvalue weighted by molar-refractivity contribution is 5.97. The number of carboxylic acids is 1. The molecule has 1 unspecified atom stereocenters. The van der Waals surface area contributed by atoms with Crippen LogP contribution in [0.5, 0.6) is 0 Å². The largest absolute Gasteiger partial charge is 0.477 e. The molecule has 1 saturated carbocycles. The molecule has 1 fully saturated rings. The lowest BCUT2D eigenvalue weighted by atomic mass is 10.1. The van der Waals surface area contributed by atoms with E-state index in [2.05, 4.69) is 10.3 Å². The maximum atomic E-state index is 11.1. The van der Waals surface area contributed by atoms with E-state index in [0.29, 0.717) is 18.3 Å². The van der Waals surface area contributed by atoms with Crippen LogP contribution in [0.3, 0.4) is 0 Å². The minimum Gasteiger partial charge on any atom is -0.477 e. The van der Waals surface area contributed by atoms with Crippen molar-refractivity contribution in [2.75, 3.05) is 11.9 Å². The molecule has 3 rings (SSSR count). The second kappa shape index (κ2) is 5.09. The number of rotatable bonds is 5. The highest BCUT2D eigenvalue weighted by Gasteiger charge is 2.29. The van der Waals surface area contributed by atoms with Crippen molar-refractivity contribution in [3.8, 4) is 0 Å². The summed E-state index contributed by atoms with van der Waals surface area (Å²) in [5.74, 6) is -0.168. The third-order valence-corrected chi connectivity index (χ3v) is 3.60. The molecule has 0 spiro atoms. The Labute approximate surface area is 116 Å². The average molecular weight is 272 g/mol. The molecule has 104 valence electrons. The van der Waals surface area contributed by atoms with Gasteiger partial charge in [0.2, 0.25) is 0 Å². The summed E-state index contributed by atoms with van der Waals surface area (Å²) in [6, 6.07) is 9.04. The van der Waals surface area contributed by atoms with Gasteiger partial charge >= 0.3 is 5.97 Å². The first-order valence-electron chi connectivity index (χ1n) is 6.70. The van der Waals surface area contributed by atoms with Crippen LogP contribution in [0.1, 0.15) is 23.3 Å². The fourth-order valence-corrected chi connectivity index (χ4v) is 2.29. The number of aromatic carboxylic acids is 1. The van der Waals surface area contributed by atoms with E-state index < -0.39 is 12.1 Å². The van der Waals surface area contributed by atoms with Gasteiger partial charge in [0.05, 0.1) is 6.10 Å². The number of anilines is 1. The number of pyridine rings is 1. The molecule has 0 bridgehead atoms. The SMILES string of the molecule is O=C(O)c1cc2ccccc2c(NCC(O)C2CC2)n1. The summed E-state index contributed by atoms with van der Waals surface area (Å²) >= 11 is 0. The van der Waals surface area contributed by atoms with Gasteiger partial charge in [0.25, 0.3) is 0 Å². The topological polar surface area (TPSA) is 82.5 Å². The molecule has 0 radical (unpaired) electrons. The van der Waals surface area contributed by atoms with Gasteiger partial charge in [-0.3, -0.25) is 0 Å². The highest BCUT2D eigenvalue weighted by Crippen LogP contribution is 2.32. The standard InChI is InChI=1S/C15H16N2O3/c18-13(9-5-6-9)8-16-14-11-4-2-1-3-10(11)7-12(17-14)15(19)20/h1-4,7,9,13,18H,5-6,8H2,(H,16,17)(H,19,20). The van der Waals surface area contributed by atoms with Crippen LogP contribution in [-0.2, 0) is 0 Å². The summed E-state index contributed by atoms with van der Waals surface area (Å²) in [6.45, 7) is 0.394. The average Bonchev–Trinajstić information content (AvgIpc) is 3.28. The van der Waals surface area contributed by atoms with E-state index in [1.54, 1.807) is 6.07 Å². The number of nitrogens with zero attached hydrogens (tertiary/aromatic N) is 1. The molecule has 2 aromatic rings. The lowest BCUT2D eigenvalue weighted by Gasteiger charge is -2.13. The monoisotopic (exact) mass is 272 g/mol. The fourth-order valence-electron chi connectivity index (χ4n) is 2.29. The van der Waals surface area contributed by atoms with Crippen molar-refractivity contribution in [3.05, 3.63) is 36.0 Å². The van der Waals surface area contributed by atoms with Crippen LogP contribution < -0.4 is 5.32 Å². The number of benzene rings is 1. The summed E-state index contributed by atoms with van der Waals surface area (Å²) in [4.78, 5) is 15.2. The first kappa shape index (κ1) is 12.9. The van der Waals surface area contributed by atoms with Gasteiger partial charge in [-0.15, -0.1) is 0 Å². The van der Waals surface area contributed by atoms with Crippen molar-refractivity contribution in [1.29, 1.82) is 0 Å². The zero-order valence-electron chi connectivity index (χ0n) is 10.9. The molecule has 0 saturated heterocycles. The van der Waals surface area contributed by atoms with E-state index >= 15 is 0 Å². The molecule has 1 heterocycles.